The lowest BCUT2D eigenvalue weighted by Crippen LogP contribution is -2.00. The largest absolute Gasteiger partial charge is 0.399 e. The van der Waals surface area contributed by atoms with Crippen LogP contribution in [0.1, 0.15) is 17.0 Å². The Balaban J connectivity index is 2.32. The minimum atomic E-state index is 0.810. The highest BCUT2D eigenvalue weighted by Gasteiger charge is 2.04. The molecule has 15 heavy (non-hydrogen) atoms. The van der Waals surface area contributed by atoms with Gasteiger partial charge >= 0.3 is 0 Å². The van der Waals surface area contributed by atoms with E-state index in [1.807, 2.05) is 42.2 Å². The summed E-state index contributed by atoms with van der Waals surface area (Å²) in [6, 6.07) is 5.99. The number of aryl methyl sites for hydroxylation is 2. The molecule has 2 N–H and O–H groups in total. The molecular formula is C12H15N3. The van der Waals surface area contributed by atoms with E-state index in [0.717, 1.165) is 17.9 Å². The van der Waals surface area contributed by atoms with E-state index in [4.69, 9.17) is 5.73 Å². The molecule has 0 unspecified atom stereocenters. The van der Waals surface area contributed by atoms with Crippen LogP contribution in [0.5, 0.6) is 0 Å². The van der Waals surface area contributed by atoms with Gasteiger partial charge in [-0.15, -0.1) is 0 Å². The molecule has 0 bridgehead atoms. The maximum atomic E-state index is 5.77. The van der Waals surface area contributed by atoms with Gasteiger partial charge in [0.25, 0.3) is 0 Å². The molecule has 1 heterocycles. The summed E-state index contributed by atoms with van der Waals surface area (Å²) in [6.45, 7) is 2.09. The fourth-order valence-corrected chi connectivity index (χ4v) is 1.62. The van der Waals surface area contributed by atoms with Crippen molar-refractivity contribution >= 4 is 5.69 Å². The number of nitrogens with two attached hydrogens (primary N) is 1. The van der Waals surface area contributed by atoms with Crippen LogP contribution in [0.2, 0.25) is 0 Å². The van der Waals surface area contributed by atoms with Crippen LogP contribution < -0.4 is 5.73 Å². The first-order valence-corrected chi connectivity index (χ1v) is 4.98. The van der Waals surface area contributed by atoms with Gasteiger partial charge in [0.1, 0.15) is 5.82 Å². The van der Waals surface area contributed by atoms with Crippen LogP contribution in [0.3, 0.4) is 0 Å². The average Bonchev–Trinajstić information content (AvgIpc) is 2.58. The number of rotatable bonds is 2. The fraction of sp³-hybridized carbons (Fsp3) is 0.250. The molecule has 0 radical (unpaired) electrons. The molecule has 3 nitrogen and oxygen atoms in total. The molecule has 0 saturated heterocycles. The molecular weight excluding hydrogens is 186 g/mol. The second-order valence-corrected chi connectivity index (χ2v) is 3.82. The minimum Gasteiger partial charge on any atom is -0.399 e. The topological polar surface area (TPSA) is 43.8 Å². The Morgan fingerprint density at radius 1 is 1.40 bits per heavy atom. The van der Waals surface area contributed by atoms with Crippen molar-refractivity contribution in [3.8, 4) is 0 Å². The highest BCUT2D eigenvalue weighted by atomic mass is 15.0. The molecule has 1 aromatic heterocycles. The molecule has 2 aromatic rings. The minimum absolute atomic E-state index is 0.810. The summed E-state index contributed by atoms with van der Waals surface area (Å²) >= 11 is 0. The lowest BCUT2D eigenvalue weighted by molar-refractivity contribution is 0.820. The van der Waals surface area contributed by atoms with Gasteiger partial charge in [0, 0.05) is 31.5 Å². The molecule has 0 saturated carbocycles. The van der Waals surface area contributed by atoms with E-state index >= 15 is 0 Å². The third kappa shape index (κ3) is 2.01. The molecule has 0 fully saturated rings. The van der Waals surface area contributed by atoms with Gasteiger partial charge in [-0.2, -0.15) is 0 Å². The number of aromatic nitrogens is 2. The van der Waals surface area contributed by atoms with Crippen molar-refractivity contribution in [1.29, 1.82) is 0 Å². The number of nitrogens with zero attached hydrogens (tertiary/aromatic N) is 2. The standard InChI is InChI=1S/C12H15N3/c1-9-3-4-11(13)7-10(9)8-12-14-5-6-15(12)2/h3-7H,8,13H2,1-2H3. The maximum absolute atomic E-state index is 5.77. The second-order valence-electron chi connectivity index (χ2n) is 3.82. The monoisotopic (exact) mass is 201 g/mol. The number of benzene rings is 1. The van der Waals surface area contributed by atoms with Crippen molar-refractivity contribution in [2.75, 3.05) is 5.73 Å². The third-order valence-corrected chi connectivity index (χ3v) is 2.64. The molecule has 78 valence electrons. The van der Waals surface area contributed by atoms with E-state index in [1.165, 1.54) is 11.1 Å². The predicted molar refractivity (Wildman–Crippen MR) is 61.6 cm³/mol. The van der Waals surface area contributed by atoms with E-state index in [0.29, 0.717) is 0 Å². The number of anilines is 1. The van der Waals surface area contributed by atoms with Gasteiger partial charge in [0.15, 0.2) is 0 Å². The van der Waals surface area contributed by atoms with Crippen molar-refractivity contribution in [3.63, 3.8) is 0 Å². The summed E-state index contributed by atoms with van der Waals surface area (Å²) in [5.41, 5.74) is 9.07. The highest BCUT2D eigenvalue weighted by Crippen LogP contribution is 2.15. The summed E-state index contributed by atoms with van der Waals surface area (Å²) in [4.78, 5) is 4.30. The Morgan fingerprint density at radius 2 is 2.20 bits per heavy atom. The van der Waals surface area contributed by atoms with E-state index in [-0.39, 0.29) is 0 Å². The Labute approximate surface area is 89.6 Å². The van der Waals surface area contributed by atoms with Crippen LogP contribution in [0, 0.1) is 6.92 Å². The maximum Gasteiger partial charge on any atom is 0.112 e. The Kier molecular flexibility index (Phi) is 2.46. The number of hydrogen-bond acceptors (Lipinski definition) is 2. The SMILES string of the molecule is Cc1ccc(N)cc1Cc1nccn1C. The fourth-order valence-electron chi connectivity index (χ4n) is 1.62. The Hall–Kier alpha value is -1.77. The van der Waals surface area contributed by atoms with Crippen LogP contribution in [-0.4, -0.2) is 9.55 Å². The van der Waals surface area contributed by atoms with Crippen molar-refractivity contribution in [2.45, 2.75) is 13.3 Å². The average molecular weight is 201 g/mol. The van der Waals surface area contributed by atoms with Gasteiger partial charge in [-0.3, -0.25) is 0 Å². The van der Waals surface area contributed by atoms with Gasteiger partial charge < -0.3 is 10.3 Å². The number of hydrogen-bond donors (Lipinski definition) is 1. The van der Waals surface area contributed by atoms with Gasteiger partial charge in [-0.1, -0.05) is 6.07 Å². The second kappa shape index (κ2) is 3.77. The zero-order chi connectivity index (χ0) is 10.8. The normalized spacial score (nSPS) is 10.5. The summed E-state index contributed by atoms with van der Waals surface area (Å²) in [5.74, 6) is 1.06. The van der Waals surface area contributed by atoms with Crippen LogP contribution in [-0.2, 0) is 13.5 Å². The first-order chi connectivity index (χ1) is 7.16. The van der Waals surface area contributed by atoms with E-state index < -0.39 is 0 Å². The molecule has 1 aromatic carbocycles. The molecule has 3 heteroatoms. The van der Waals surface area contributed by atoms with E-state index in [1.54, 1.807) is 0 Å². The first-order valence-electron chi connectivity index (χ1n) is 4.98. The summed E-state index contributed by atoms with van der Waals surface area (Å²) in [5, 5.41) is 0. The summed E-state index contributed by atoms with van der Waals surface area (Å²) in [6.07, 6.45) is 4.61. The zero-order valence-corrected chi connectivity index (χ0v) is 9.07. The number of imidazole rings is 1. The van der Waals surface area contributed by atoms with Gasteiger partial charge in [-0.05, 0) is 30.2 Å². The van der Waals surface area contributed by atoms with Crippen molar-refractivity contribution in [2.24, 2.45) is 7.05 Å². The van der Waals surface area contributed by atoms with Crippen LogP contribution in [0.25, 0.3) is 0 Å². The molecule has 0 aliphatic heterocycles. The first kappa shape index (κ1) is 9.77. The summed E-state index contributed by atoms with van der Waals surface area (Å²) < 4.78 is 2.03. The van der Waals surface area contributed by atoms with Crippen molar-refractivity contribution in [3.05, 3.63) is 47.5 Å². The molecule has 2 rings (SSSR count). The lowest BCUT2D eigenvalue weighted by atomic mass is 10.0. The molecule has 0 aliphatic rings. The van der Waals surface area contributed by atoms with Crippen molar-refractivity contribution in [1.82, 2.24) is 9.55 Å². The molecule has 0 spiro atoms. The predicted octanol–water partition coefficient (Wildman–Crippen LogP) is 1.90. The van der Waals surface area contributed by atoms with Gasteiger partial charge in [0.2, 0.25) is 0 Å². The Bertz CT molecular complexity index is 471. The van der Waals surface area contributed by atoms with Crippen LogP contribution in [0.4, 0.5) is 5.69 Å². The highest BCUT2D eigenvalue weighted by molar-refractivity contribution is 5.45. The van der Waals surface area contributed by atoms with E-state index in [9.17, 15) is 0 Å². The van der Waals surface area contributed by atoms with Crippen LogP contribution >= 0.6 is 0 Å². The number of nitrogen functional groups attached to an aromatic ring is 1. The quantitative estimate of drug-likeness (QED) is 0.754. The molecule has 0 amide bonds. The zero-order valence-electron chi connectivity index (χ0n) is 9.07. The molecule has 0 atom stereocenters. The Morgan fingerprint density at radius 3 is 2.87 bits per heavy atom. The summed E-state index contributed by atoms with van der Waals surface area (Å²) in [7, 11) is 2.00. The van der Waals surface area contributed by atoms with Gasteiger partial charge in [0.05, 0.1) is 0 Å². The van der Waals surface area contributed by atoms with Crippen molar-refractivity contribution < 1.29 is 0 Å². The smallest absolute Gasteiger partial charge is 0.112 e. The van der Waals surface area contributed by atoms with Gasteiger partial charge in [-0.25, -0.2) is 4.98 Å². The lowest BCUT2D eigenvalue weighted by Gasteiger charge is -2.06. The third-order valence-electron chi connectivity index (χ3n) is 2.64. The van der Waals surface area contributed by atoms with E-state index in [2.05, 4.69) is 11.9 Å². The van der Waals surface area contributed by atoms with Crippen LogP contribution in [0.15, 0.2) is 30.6 Å². The molecule has 0 aliphatic carbocycles.